The molecule has 0 radical (unpaired) electrons. The second kappa shape index (κ2) is 4.03. The first kappa shape index (κ1) is 9.71. The highest BCUT2D eigenvalue weighted by Crippen LogP contribution is 2.17. The van der Waals surface area contributed by atoms with E-state index in [-0.39, 0.29) is 18.4 Å². The fourth-order valence-electron chi connectivity index (χ4n) is 1.09. The predicted molar refractivity (Wildman–Crippen MR) is 48.1 cm³/mol. The molecule has 0 spiro atoms. The molecule has 0 saturated heterocycles. The lowest BCUT2D eigenvalue weighted by molar-refractivity contribution is -0.139. The van der Waals surface area contributed by atoms with Gasteiger partial charge in [-0.2, -0.15) is 0 Å². The lowest BCUT2D eigenvalue weighted by Gasteiger charge is -2.04. The third-order valence-corrected chi connectivity index (χ3v) is 1.88. The average Bonchev–Trinajstić information content (AvgIpc) is 2.47. The number of allylic oxidation sites excluding steroid dienone is 3. The standard InChI is InChI=1S/C10H12O3/c1-7(6-13-8(2)11)9-3-4-10(12)5-9/h3-4H,5-6H2,1-2H3/b9-7+. The molecule has 1 aliphatic rings. The van der Waals surface area contributed by atoms with E-state index in [1.54, 1.807) is 12.2 Å². The van der Waals surface area contributed by atoms with Crippen LogP contribution in [0.15, 0.2) is 23.3 Å². The number of esters is 1. The Bertz CT molecular complexity index is 297. The molecule has 0 N–H and O–H groups in total. The van der Waals surface area contributed by atoms with Crippen LogP contribution in [-0.4, -0.2) is 18.4 Å². The van der Waals surface area contributed by atoms with Gasteiger partial charge in [-0.15, -0.1) is 0 Å². The maximum atomic E-state index is 10.9. The van der Waals surface area contributed by atoms with E-state index < -0.39 is 0 Å². The van der Waals surface area contributed by atoms with E-state index in [1.807, 2.05) is 6.92 Å². The summed E-state index contributed by atoms with van der Waals surface area (Å²) in [5, 5.41) is 0. The molecule has 13 heavy (non-hydrogen) atoms. The predicted octanol–water partition coefficient (Wildman–Crippen LogP) is 1.40. The van der Waals surface area contributed by atoms with E-state index in [9.17, 15) is 9.59 Å². The maximum absolute atomic E-state index is 10.9. The lowest BCUT2D eigenvalue weighted by atomic mass is 10.1. The minimum atomic E-state index is -0.298. The van der Waals surface area contributed by atoms with Gasteiger partial charge >= 0.3 is 5.97 Å². The van der Waals surface area contributed by atoms with Gasteiger partial charge in [0.15, 0.2) is 5.78 Å². The Morgan fingerprint density at radius 1 is 1.46 bits per heavy atom. The van der Waals surface area contributed by atoms with E-state index in [2.05, 4.69) is 0 Å². The fraction of sp³-hybridized carbons (Fsp3) is 0.400. The zero-order chi connectivity index (χ0) is 9.84. The Morgan fingerprint density at radius 2 is 2.15 bits per heavy atom. The Labute approximate surface area is 77.1 Å². The van der Waals surface area contributed by atoms with E-state index in [0.717, 1.165) is 11.1 Å². The van der Waals surface area contributed by atoms with Crippen LogP contribution in [0.2, 0.25) is 0 Å². The Morgan fingerprint density at radius 3 is 2.62 bits per heavy atom. The summed E-state index contributed by atoms with van der Waals surface area (Å²) in [7, 11) is 0. The average molecular weight is 180 g/mol. The molecule has 0 bridgehead atoms. The third-order valence-electron chi connectivity index (χ3n) is 1.88. The van der Waals surface area contributed by atoms with Gasteiger partial charge in [-0.1, -0.05) is 6.08 Å². The summed E-state index contributed by atoms with van der Waals surface area (Å²) in [6, 6.07) is 0. The van der Waals surface area contributed by atoms with Crippen LogP contribution < -0.4 is 0 Å². The van der Waals surface area contributed by atoms with Crippen molar-refractivity contribution in [3.63, 3.8) is 0 Å². The van der Waals surface area contributed by atoms with E-state index >= 15 is 0 Å². The Hall–Kier alpha value is -1.38. The molecular weight excluding hydrogens is 168 g/mol. The van der Waals surface area contributed by atoms with Gasteiger partial charge in [0.2, 0.25) is 0 Å². The maximum Gasteiger partial charge on any atom is 0.302 e. The zero-order valence-electron chi connectivity index (χ0n) is 7.79. The molecule has 0 heterocycles. The van der Waals surface area contributed by atoms with Crippen molar-refractivity contribution in [1.29, 1.82) is 0 Å². The van der Waals surface area contributed by atoms with Crippen molar-refractivity contribution in [1.82, 2.24) is 0 Å². The summed E-state index contributed by atoms with van der Waals surface area (Å²) in [6.45, 7) is 3.51. The molecule has 0 saturated carbocycles. The number of hydrogen-bond acceptors (Lipinski definition) is 3. The molecule has 1 rings (SSSR count). The lowest BCUT2D eigenvalue weighted by Crippen LogP contribution is -2.03. The first-order chi connectivity index (χ1) is 6.09. The van der Waals surface area contributed by atoms with Crippen molar-refractivity contribution in [2.45, 2.75) is 20.3 Å². The number of rotatable bonds is 2. The smallest absolute Gasteiger partial charge is 0.302 e. The number of ether oxygens (including phenoxy) is 1. The van der Waals surface area contributed by atoms with Crippen LogP contribution in [0, 0.1) is 0 Å². The summed E-state index contributed by atoms with van der Waals surface area (Å²) in [4.78, 5) is 21.4. The molecule has 0 atom stereocenters. The van der Waals surface area contributed by atoms with Gasteiger partial charge in [0.1, 0.15) is 6.61 Å². The van der Waals surface area contributed by atoms with Crippen molar-refractivity contribution in [3.8, 4) is 0 Å². The molecule has 0 unspecified atom stereocenters. The normalized spacial score (nSPS) is 19.1. The van der Waals surface area contributed by atoms with Gasteiger partial charge < -0.3 is 4.74 Å². The van der Waals surface area contributed by atoms with E-state index in [1.165, 1.54) is 6.92 Å². The molecule has 3 heteroatoms. The molecule has 0 aromatic heterocycles. The van der Waals surface area contributed by atoms with Gasteiger partial charge in [0.25, 0.3) is 0 Å². The van der Waals surface area contributed by atoms with Gasteiger partial charge in [0, 0.05) is 13.3 Å². The third kappa shape index (κ3) is 2.86. The van der Waals surface area contributed by atoms with Gasteiger partial charge in [-0.3, -0.25) is 9.59 Å². The zero-order valence-corrected chi connectivity index (χ0v) is 7.79. The molecule has 0 fully saturated rings. The van der Waals surface area contributed by atoms with Crippen molar-refractivity contribution in [3.05, 3.63) is 23.3 Å². The number of ketones is 1. The molecule has 0 aromatic carbocycles. The molecule has 70 valence electrons. The number of hydrogen-bond donors (Lipinski definition) is 0. The first-order valence-electron chi connectivity index (χ1n) is 4.12. The van der Waals surface area contributed by atoms with Crippen LogP contribution in [0.5, 0.6) is 0 Å². The highest BCUT2D eigenvalue weighted by atomic mass is 16.5. The summed E-state index contributed by atoms with van der Waals surface area (Å²) in [6.07, 6.45) is 3.76. The van der Waals surface area contributed by atoms with Crippen LogP contribution in [0.1, 0.15) is 20.3 Å². The molecule has 0 aromatic rings. The fourth-order valence-corrected chi connectivity index (χ4v) is 1.09. The van der Waals surface area contributed by atoms with E-state index in [4.69, 9.17) is 4.74 Å². The second-order valence-corrected chi connectivity index (χ2v) is 3.06. The highest BCUT2D eigenvalue weighted by Gasteiger charge is 2.11. The van der Waals surface area contributed by atoms with Crippen molar-refractivity contribution in [2.24, 2.45) is 0 Å². The Balaban J connectivity index is 2.55. The van der Waals surface area contributed by atoms with Gasteiger partial charge in [0.05, 0.1) is 0 Å². The van der Waals surface area contributed by atoms with Crippen LogP contribution >= 0.6 is 0 Å². The van der Waals surface area contributed by atoms with Crippen LogP contribution in [-0.2, 0) is 14.3 Å². The van der Waals surface area contributed by atoms with Crippen LogP contribution in [0.4, 0.5) is 0 Å². The molecule has 3 nitrogen and oxygen atoms in total. The number of carbonyl (C=O) groups excluding carboxylic acids is 2. The van der Waals surface area contributed by atoms with Crippen LogP contribution in [0.3, 0.4) is 0 Å². The first-order valence-corrected chi connectivity index (χ1v) is 4.12. The van der Waals surface area contributed by atoms with Crippen molar-refractivity contribution < 1.29 is 14.3 Å². The van der Waals surface area contributed by atoms with Crippen molar-refractivity contribution in [2.75, 3.05) is 6.61 Å². The minimum absolute atomic E-state index is 0.108. The summed E-state index contributed by atoms with van der Waals surface area (Å²) in [5.41, 5.74) is 1.91. The quantitative estimate of drug-likeness (QED) is 0.603. The summed E-state index contributed by atoms with van der Waals surface area (Å²) >= 11 is 0. The molecule has 0 amide bonds. The summed E-state index contributed by atoms with van der Waals surface area (Å²) in [5.74, 6) is -0.189. The molecule has 0 aliphatic heterocycles. The second-order valence-electron chi connectivity index (χ2n) is 3.06. The van der Waals surface area contributed by atoms with Crippen molar-refractivity contribution >= 4 is 11.8 Å². The molecular formula is C10H12O3. The SMILES string of the molecule is CC(=O)OC/C(C)=C1\C=CC(=O)C1. The minimum Gasteiger partial charge on any atom is -0.461 e. The number of carbonyl (C=O) groups is 2. The monoisotopic (exact) mass is 180 g/mol. The molecule has 1 aliphatic carbocycles. The highest BCUT2D eigenvalue weighted by molar-refractivity contribution is 5.95. The summed E-state index contributed by atoms with van der Waals surface area (Å²) < 4.78 is 4.81. The van der Waals surface area contributed by atoms with Gasteiger partial charge in [-0.05, 0) is 24.1 Å². The topological polar surface area (TPSA) is 43.4 Å². The van der Waals surface area contributed by atoms with Gasteiger partial charge in [-0.25, -0.2) is 0 Å². The Kier molecular flexibility index (Phi) is 3.01. The van der Waals surface area contributed by atoms with E-state index in [0.29, 0.717) is 6.42 Å². The van der Waals surface area contributed by atoms with Crippen LogP contribution in [0.25, 0.3) is 0 Å². The largest absolute Gasteiger partial charge is 0.461 e.